The molecule has 0 saturated heterocycles. The number of hydrogen-bond acceptors (Lipinski definition) is 7. The van der Waals surface area contributed by atoms with Gasteiger partial charge < -0.3 is 5.32 Å². The molecule has 1 heterocycles. The van der Waals surface area contributed by atoms with Gasteiger partial charge in [0.25, 0.3) is 0 Å². The summed E-state index contributed by atoms with van der Waals surface area (Å²) in [7, 11) is -3.60. The fourth-order valence-electron chi connectivity index (χ4n) is 2.84. The van der Waals surface area contributed by atoms with Gasteiger partial charge in [-0.3, -0.25) is 0 Å². The summed E-state index contributed by atoms with van der Waals surface area (Å²) < 4.78 is 28.8. The Labute approximate surface area is 189 Å². The van der Waals surface area contributed by atoms with Crippen molar-refractivity contribution in [1.29, 1.82) is 0 Å². The van der Waals surface area contributed by atoms with E-state index in [-0.39, 0.29) is 16.7 Å². The number of nitrogens with zero attached hydrogens (tertiary/aromatic N) is 2. The van der Waals surface area contributed by atoms with Crippen molar-refractivity contribution in [1.82, 2.24) is 14.9 Å². The molecule has 0 aliphatic carbocycles. The van der Waals surface area contributed by atoms with Crippen LogP contribution in [0, 0.1) is 0 Å². The van der Waals surface area contributed by atoms with Crippen LogP contribution >= 0.6 is 23.1 Å². The SMILES string of the molecule is O=S(=O)(NCC(Sc1nnc(Nc2ccccc2)s1)c1ccccc1)c1ccccc1. The van der Waals surface area contributed by atoms with Gasteiger partial charge in [-0.15, -0.1) is 10.2 Å². The van der Waals surface area contributed by atoms with Gasteiger partial charge in [0, 0.05) is 12.2 Å². The Balaban J connectivity index is 1.49. The molecular weight excluding hydrogens is 448 g/mol. The van der Waals surface area contributed by atoms with Crippen LogP contribution in [0.5, 0.6) is 0 Å². The topological polar surface area (TPSA) is 84.0 Å². The van der Waals surface area contributed by atoms with E-state index >= 15 is 0 Å². The lowest BCUT2D eigenvalue weighted by Gasteiger charge is -2.16. The summed E-state index contributed by atoms with van der Waals surface area (Å²) in [4.78, 5) is 0.247. The van der Waals surface area contributed by atoms with E-state index in [0.29, 0.717) is 5.13 Å². The van der Waals surface area contributed by atoms with E-state index in [4.69, 9.17) is 0 Å². The second-order valence-corrected chi connectivity index (χ2v) is 10.7. The van der Waals surface area contributed by atoms with Gasteiger partial charge in [-0.05, 0) is 29.8 Å². The van der Waals surface area contributed by atoms with E-state index in [1.807, 2.05) is 60.7 Å². The Morgan fingerprint density at radius 2 is 1.45 bits per heavy atom. The smallest absolute Gasteiger partial charge is 0.240 e. The minimum absolute atomic E-state index is 0.155. The summed E-state index contributed by atoms with van der Waals surface area (Å²) in [6, 6.07) is 27.9. The molecule has 4 aromatic rings. The molecule has 0 aliphatic rings. The van der Waals surface area contributed by atoms with E-state index in [1.165, 1.54) is 23.1 Å². The second-order valence-electron chi connectivity index (χ2n) is 6.55. The van der Waals surface area contributed by atoms with Crippen molar-refractivity contribution in [2.75, 3.05) is 11.9 Å². The molecule has 0 amide bonds. The molecule has 2 N–H and O–H groups in total. The van der Waals surface area contributed by atoms with Crippen LogP contribution in [0.1, 0.15) is 10.8 Å². The average molecular weight is 469 g/mol. The molecule has 0 fully saturated rings. The monoisotopic (exact) mass is 468 g/mol. The number of thioether (sulfide) groups is 1. The highest BCUT2D eigenvalue weighted by atomic mass is 32.2. The van der Waals surface area contributed by atoms with Crippen LogP contribution in [0.3, 0.4) is 0 Å². The van der Waals surface area contributed by atoms with Crippen LogP contribution in [0.15, 0.2) is 100 Å². The number of hydrogen-bond donors (Lipinski definition) is 2. The molecule has 6 nitrogen and oxygen atoms in total. The van der Waals surface area contributed by atoms with Crippen LogP contribution in [-0.4, -0.2) is 25.2 Å². The van der Waals surface area contributed by atoms with Crippen molar-refractivity contribution in [2.45, 2.75) is 14.5 Å². The number of sulfonamides is 1. The van der Waals surface area contributed by atoms with Gasteiger partial charge in [0.1, 0.15) is 0 Å². The normalized spacial score (nSPS) is 12.4. The van der Waals surface area contributed by atoms with Crippen molar-refractivity contribution in [3.63, 3.8) is 0 Å². The van der Waals surface area contributed by atoms with Gasteiger partial charge in [0.05, 0.1) is 10.1 Å². The lowest BCUT2D eigenvalue weighted by atomic mass is 10.1. The Morgan fingerprint density at radius 1 is 0.839 bits per heavy atom. The third kappa shape index (κ3) is 5.92. The van der Waals surface area contributed by atoms with Gasteiger partial charge in [0.15, 0.2) is 4.34 Å². The lowest BCUT2D eigenvalue weighted by Crippen LogP contribution is -2.27. The van der Waals surface area contributed by atoms with E-state index in [2.05, 4.69) is 20.2 Å². The molecule has 1 atom stereocenters. The Morgan fingerprint density at radius 3 is 2.13 bits per heavy atom. The first-order valence-electron chi connectivity index (χ1n) is 9.52. The third-order valence-electron chi connectivity index (χ3n) is 4.36. The standard InChI is InChI=1S/C22H20N4O2S3/c27-31(28,19-14-8-3-9-15-19)23-16-20(17-10-4-1-5-11-17)29-22-26-25-21(30-22)24-18-12-6-2-7-13-18/h1-15,20,23H,16H2,(H,24,25). The zero-order valence-corrected chi connectivity index (χ0v) is 18.8. The Kier molecular flexibility index (Phi) is 6.98. The highest BCUT2D eigenvalue weighted by Crippen LogP contribution is 2.38. The molecule has 0 bridgehead atoms. The molecule has 158 valence electrons. The van der Waals surface area contributed by atoms with E-state index < -0.39 is 10.0 Å². The minimum atomic E-state index is -3.60. The molecule has 1 aromatic heterocycles. The highest BCUT2D eigenvalue weighted by molar-refractivity contribution is 8.01. The fourth-order valence-corrected chi connectivity index (χ4v) is 6.08. The second kappa shape index (κ2) is 10.1. The van der Waals surface area contributed by atoms with Gasteiger partial charge in [-0.2, -0.15) is 0 Å². The van der Waals surface area contributed by atoms with Gasteiger partial charge in [0.2, 0.25) is 15.2 Å². The summed E-state index contributed by atoms with van der Waals surface area (Å²) in [6.07, 6.45) is 0. The summed E-state index contributed by atoms with van der Waals surface area (Å²) in [5.74, 6) is 0. The number of nitrogens with one attached hydrogen (secondary N) is 2. The number of benzene rings is 3. The zero-order valence-electron chi connectivity index (χ0n) is 16.4. The summed E-state index contributed by atoms with van der Waals surface area (Å²) in [5, 5.41) is 12.2. The number of aromatic nitrogens is 2. The quantitative estimate of drug-likeness (QED) is 0.333. The van der Waals surface area contributed by atoms with Crippen molar-refractivity contribution < 1.29 is 8.42 Å². The van der Waals surface area contributed by atoms with E-state index in [1.54, 1.807) is 30.3 Å². The molecule has 0 radical (unpaired) electrons. The first kappa shape index (κ1) is 21.5. The number of anilines is 2. The molecular formula is C22H20N4O2S3. The summed E-state index contributed by atoms with van der Waals surface area (Å²) >= 11 is 2.92. The van der Waals surface area contributed by atoms with Crippen LogP contribution in [-0.2, 0) is 10.0 Å². The predicted octanol–water partition coefficient (Wildman–Crippen LogP) is 5.09. The van der Waals surface area contributed by atoms with Gasteiger partial charge in [-0.1, -0.05) is 89.8 Å². The minimum Gasteiger partial charge on any atom is -0.330 e. The van der Waals surface area contributed by atoms with Crippen LogP contribution in [0.4, 0.5) is 10.8 Å². The van der Waals surface area contributed by atoms with Gasteiger partial charge >= 0.3 is 0 Å². The summed E-state index contributed by atoms with van der Waals surface area (Å²) in [6.45, 7) is 0.229. The number of rotatable bonds is 9. The summed E-state index contributed by atoms with van der Waals surface area (Å²) in [5.41, 5.74) is 1.95. The Hall–Kier alpha value is -2.72. The molecule has 31 heavy (non-hydrogen) atoms. The van der Waals surface area contributed by atoms with E-state index in [0.717, 1.165) is 15.6 Å². The third-order valence-corrected chi connectivity index (χ3v) is 7.98. The van der Waals surface area contributed by atoms with Crippen molar-refractivity contribution in [3.05, 3.63) is 96.6 Å². The first-order chi connectivity index (χ1) is 15.1. The van der Waals surface area contributed by atoms with Crippen LogP contribution in [0.25, 0.3) is 0 Å². The van der Waals surface area contributed by atoms with Crippen LogP contribution < -0.4 is 10.0 Å². The maximum absolute atomic E-state index is 12.7. The van der Waals surface area contributed by atoms with E-state index in [9.17, 15) is 8.42 Å². The number of para-hydroxylation sites is 1. The molecule has 0 spiro atoms. The Bertz CT molecular complexity index is 1200. The molecule has 1 unspecified atom stereocenters. The molecule has 3 aromatic carbocycles. The van der Waals surface area contributed by atoms with Crippen molar-refractivity contribution in [3.8, 4) is 0 Å². The largest absolute Gasteiger partial charge is 0.330 e. The average Bonchev–Trinajstić information content (AvgIpc) is 3.25. The first-order valence-corrected chi connectivity index (χ1v) is 12.7. The van der Waals surface area contributed by atoms with Crippen molar-refractivity contribution >= 4 is 43.9 Å². The zero-order chi connectivity index (χ0) is 21.5. The maximum atomic E-state index is 12.7. The van der Waals surface area contributed by atoms with Crippen molar-refractivity contribution in [2.24, 2.45) is 0 Å². The molecule has 4 rings (SSSR count). The van der Waals surface area contributed by atoms with Gasteiger partial charge in [-0.25, -0.2) is 13.1 Å². The molecule has 9 heteroatoms. The highest BCUT2D eigenvalue weighted by Gasteiger charge is 2.20. The molecule has 0 aliphatic heterocycles. The van der Waals surface area contributed by atoms with Crippen LogP contribution in [0.2, 0.25) is 0 Å². The fraction of sp³-hybridized carbons (Fsp3) is 0.0909. The molecule has 0 saturated carbocycles. The lowest BCUT2D eigenvalue weighted by molar-refractivity contribution is 0.581. The maximum Gasteiger partial charge on any atom is 0.240 e. The predicted molar refractivity (Wildman–Crippen MR) is 126 cm³/mol.